The van der Waals surface area contributed by atoms with E-state index in [1.165, 1.54) is 0 Å². The molecule has 20 heavy (non-hydrogen) atoms. The van der Waals surface area contributed by atoms with Crippen molar-refractivity contribution in [1.29, 1.82) is 5.26 Å². The number of carboxylic acids is 1. The average Bonchev–Trinajstić information content (AvgIpc) is 2.47. The molecule has 0 saturated carbocycles. The van der Waals surface area contributed by atoms with E-state index < -0.39 is 11.9 Å². The first kappa shape index (κ1) is 13.8. The maximum Gasteiger partial charge on any atom is 0.304 e. The highest BCUT2D eigenvalue weighted by Gasteiger charge is 2.15. The molecule has 1 N–H and O–H groups in total. The molecule has 0 aliphatic rings. The number of hydrogen-bond donors (Lipinski definition) is 1. The average molecular weight is 265 g/mol. The summed E-state index contributed by atoms with van der Waals surface area (Å²) in [5, 5.41) is 17.9. The Morgan fingerprint density at radius 3 is 2.40 bits per heavy atom. The van der Waals surface area contributed by atoms with Gasteiger partial charge in [0.15, 0.2) is 0 Å². The molecule has 100 valence electrons. The predicted octanol–water partition coefficient (Wildman–Crippen LogP) is 3.51. The van der Waals surface area contributed by atoms with Crippen molar-refractivity contribution in [1.82, 2.24) is 0 Å². The standard InChI is InChI=1S/C17H15NO2/c18-12-13(11-17(19)20)10-15-8-4-5-9-16(15)14-6-2-1-3-7-14/h1-9,13H,10-11H2,(H,19,20). The summed E-state index contributed by atoms with van der Waals surface area (Å²) < 4.78 is 0. The first-order chi connectivity index (χ1) is 9.70. The molecule has 3 nitrogen and oxygen atoms in total. The molecule has 0 radical (unpaired) electrons. The van der Waals surface area contributed by atoms with Crippen molar-refractivity contribution in [3.63, 3.8) is 0 Å². The highest BCUT2D eigenvalue weighted by atomic mass is 16.4. The topological polar surface area (TPSA) is 61.1 Å². The molecule has 0 heterocycles. The highest BCUT2D eigenvalue weighted by Crippen LogP contribution is 2.26. The Bertz CT molecular complexity index is 629. The van der Waals surface area contributed by atoms with Crippen LogP contribution in [-0.2, 0) is 11.2 Å². The number of nitrogens with zero attached hydrogens (tertiary/aromatic N) is 1. The van der Waals surface area contributed by atoms with Crippen LogP contribution in [0.1, 0.15) is 12.0 Å². The SMILES string of the molecule is N#CC(CC(=O)O)Cc1ccccc1-c1ccccc1. The number of benzene rings is 2. The molecule has 0 fully saturated rings. The summed E-state index contributed by atoms with van der Waals surface area (Å²) in [5.41, 5.74) is 3.14. The van der Waals surface area contributed by atoms with Gasteiger partial charge in [-0.15, -0.1) is 0 Å². The smallest absolute Gasteiger partial charge is 0.304 e. The molecule has 0 spiro atoms. The fraction of sp³-hybridized carbons (Fsp3) is 0.176. The van der Waals surface area contributed by atoms with Gasteiger partial charge in [-0.25, -0.2) is 0 Å². The van der Waals surface area contributed by atoms with Crippen molar-refractivity contribution in [2.45, 2.75) is 12.8 Å². The van der Waals surface area contributed by atoms with Crippen LogP contribution in [0.3, 0.4) is 0 Å². The monoisotopic (exact) mass is 265 g/mol. The molecule has 2 aromatic rings. The summed E-state index contributed by atoms with van der Waals surface area (Å²) in [6.45, 7) is 0. The van der Waals surface area contributed by atoms with E-state index in [1.807, 2.05) is 54.6 Å². The molecular formula is C17H15NO2. The van der Waals surface area contributed by atoms with Gasteiger partial charge in [0, 0.05) is 0 Å². The predicted molar refractivity (Wildman–Crippen MR) is 76.9 cm³/mol. The van der Waals surface area contributed by atoms with Gasteiger partial charge in [0.05, 0.1) is 18.4 Å². The van der Waals surface area contributed by atoms with Crippen molar-refractivity contribution in [2.75, 3.05) is 0 Å². The number of aliphatic carboxylic acids is 1. The molecule has 3 heteroatoms. The van der Waals surface area contributed by atoms with E-state index in [2.05, 4.69) is 6.07 Å². The van der Waals surface area contributed by atoms with Crippen LogP contribution < -0.4 is 0 Å². The van der Waals surface area contributed by atoms with Crippen LogP contribution in [0.25, 0.3) is 11.1 Å². The van der Waals surface area contributed by atoms with Gasteiger partial charge in [0.2, 0.25) is 0 Å². The van der Waals surface area contributed by atoms with E-state index in [0.29, 0.717) is 6.42 Å². The van der Waals surface area contributed by atoms with E-state index in [0.717, 1.165) is 16.7 Å². The Hall–Kier alpha value is -2.60. The summed E-state index contributed by atoms with van der Waals surface area (Å²) in [6.07, 6.45) is 0.327. The Kier molecular flexibility index (Phi) is 4.52. The quantitative estimate of drug-likeness (QED) is 0.899. The lowest BCUT2D eigenvalue weighted by Crippen LogP contribution is -2.09. The van der Waals surface area contributed by atoms with Crippen LogP contribution >= 0.6 is 0 Å². The summed E-state index contributed by atoms with van der Waals surface area (Å²) in [7, 11) is 0. The van der Waals surface area contributed by atoms with Crippen LogP contribution in [-0.4, -0.2) is 11.1 Å². The van der Waals surface area contributed by atoms with Crippen molar-refractivity contribution in [3.05, 3.63) is 60.2 Å². The molecule has 0 saturated heterocycles. The minimum atomic E-state index is -0.936. The maximum atomic E-state index is 10.8. The van der Waals surface area contributed by atoms with Gasteiger partial charge >= 0.3 is 5.97 Å². The fourth-order valence-corrected chi connectivity index (χ4v) is 2.24. The lowest BCUT2D eigenvalue weighted by molar-refractivity contribution is -0.137. The normalized spacial score (nSPS) is 11.6. The van der Waals surface area contributed by atoms with E-state index in [-0.39, 0.29) is 6.42 Å². The molecule has 0 aromatic heterocycles. The van der Waals surface area contributed by atoms with Gasteiger partial charge < -0.3 is 5.11 Å². The minimum absolute atomic E-state index is 0.125. The van der Waals surface area contributed by atoms with Crippen LogP contribution in [0.4, 0.5) is 0 Å². The van der Waals surface area contributed by atoms with Crippen molar-refractivity contribution in [2.24, 2.45) is 5.92 Å². The second kappa shape index (κ2) is 6.53. The molecule has 0 bridgehead atoms. The van der Waals surface area contributed by atoms with Gasteiger partial charge in [-0.2, -0.15) is 5.26 Å². The van der Waals surface area contributed by atoms with E-state index in [1.54, 1.807) is 0 Å². The van der Waals surface area contributed by atoms with Gasteiger partial charge in [0.1, 0.15) is 0 Å². The zero-order chi connectivity index (χ0) is 14.4. The largest absolute Gasteiger partial charge is 0.481 e. The van der Waals surface area contributed by atoms with Gasteiger partial charge in [-0.1, -0.05) is 54.6 Å². The van der Waals surface area contributed by atoms with Crippen molar-refractivity contribution >= 4 is 5.97 Å². The molecule has 1 atom stereocenters. The van der Waals surface area contributed by atoms with Crippen molar-refractivity contribution in [3.8, 4) is 17.2 Å². The summed E-state index contributed by atoms with van der Waals surface area (Å²) >= 11 is 0. The van der Waals surface area contributed by atoms with Crippen molar-refractivity contribution < 1.29 is 9.90 Å². The summed E-state index contributed by atoms with van der Waals surface area (Å²) in [6, 6.07) is 19.8. The second-order valence-corrected chi connectivity index (χ2v) is 4.65. The second-order valence-electron chi connectivity index (χ2n) is 4.65. The number of rotatable bonds is 5. The van der Waals surface area contributed by atoms with E-state index >= 15 is 0 Å². The lowest BCUT2D eigenvalue weighted by Gasteiger charge is -2.12. The summed E-state index contributed by atoms with van der Waals surface area (Å²) in [5.74, 6) is -1.44. The van der Waals surface area contributed by atoms with Gasteiger partial charge in [-0.3, -0.25) is 4.79 Å². The Labute approximate surface area is 118 Å². The third-order valence-electron chi connectivity index (χ3n) is 3.17. The lowest BCUT2D eigenvalue weighted by atomic mass is 9.91. The zero-order valence-electron chi connectivity index (χ0n) is 11.0. The molecule has 1 unspecified atom stereocenters. The van der Waals surface area contributed by atoms with Gasteiger partial charge in [-0.05, 0) is 23.1 Å². The Balaban J connectivity index is 2.29. The number of carboxylic acid groups (broad SMARTS) is 1. The number of nitriles is 1. The molecule has 2 aromatic carbocycles. The Morgan fingerprint density at radius 1 is 1.10 bits per heavy atom. The van der Waals surface area contributed by atoms with Crippen LogP contribution in [0, 0.1) is 17.2 Å². The van der Waals surface area contributed by atoms with E-state index in [4.69, 9.17) is 10.4 Å². The molecule has 2 rings (SSSR count). The number of hydrogen-bond acceptors (Lipinski definition) is 2. The minimum Gasteiger partial charge on any atom is -0.481 e. The number of carbonyl (C=O) groups is 1. The van der Waals surface area contributed by atoms with Gasteiger partial charge in [0.25, 0.3) is 0 Å². The van der Waals surface area contributed by atoms with Crippen LogP contribution in [0.15, 0.2) is 54.6 Å². The van der Waals surface area contributed by atoms with Crippen LogP contribution in [0.5, 0.6) is 0 Å². The molecule has 0 amide bonds. The molecular weight excluding hydrogens is 250 g/mol. The third kappa shape index (κ3) is 3.46. The first-order valence-electron chi connectivity index (χ1n) is 6.45. The molecule has 0 aliphatic heterocycles. The van der Waals surface area contributed by atoms with E-state index in [9.17, 15) is 4.79 Å². The van der Waals surface area contributed by atoms with Crippen LogP contribution in [0.2, 0.25) is 0 Å². The first-order valence-corrected chi connectivity index (χ1v) is 6.45. The maximum absolute atomic E-state index is 10.8. The summed E-state index contributed by atoms with van der Waals surface area (Å²) in [4.78, 5) is 10.8. The highest BCUT2D eigenvalue weighted by molar-refractivity contribution is 5.69. The molecule has 0 aliphatic carbocycles. The Morgan fingerprint density at radius 2 is 1.75 bits per heavy atom. The fourth-order valence-electron chi connectivity index (χ4n) is 2.24. The zero-order valence-corrected chi connectivity index (χ0v) is 11.0. The third-order valence-corrected chi connectivity index (χ3v) is 3.17.